The number of halogens is 4. The first kappa shape index (κ1) is 16.7. The number of hydrogen-bond acceptors (Lipinski definition) is 1. The molecule has 1 atom stereocenters. The van der Waals surface area contributed by atoms with Crippen LogP contribution >= 0.6 is 0 Å². The van der Waals surface area contributed by atoms with E-state index in [2.05, 4.69) is 11.9 Å². The van der Waals surface area contributed by atoms with Crippen LogP contribution in [0.25, 0.3) is 0 Å². The van der Waals surface area contributed by atoms with E-state index >= 15 is 0 Å². The maximum Gasteiger partial charge on any atom is 0.416 e. The van der Waals surface area contributed by atoms with Crippen LogP contribution in [0.4, 0.5) is 17.6 Å². The van der Waals surface area contributed by atoms with Crippen molar-refractivity contribution in [1.29, 1.82) is 0 Å². The van der Waals surface area contributed by atoms with E-state index in [1.54, 1.807) is 6.92 Å². The van der Waals surface area contributed by atoms with Gasteiger partial charge in [-0.2, -0.15) is 13.2 Å². The van der Waals surface area contributed by atoms with Crippen molar-refractivity contribution < 1.29 is 17.6 Å². The fourth-order valence-corrected chi connectivity index (χ4v) is 2.08. The average Bonchev–Trinajstić information content (AvgIpc) is 2.32. The van der Waals surface area contributed by atoms with Crippen LogP contribution in [0.1, 0.15) is 43.9 Å². The summed E-state index contributed by atoms with van der Waals surface area (Å²) in [6.07, 6.45) is -3.44. The molecule has 1 unspecified atom stereocenters. The molecule has 0 aromatic heterocycles. The summed E-state index contributed by atoms with van der Waals surface area (Å²) < 4.78 is 52.4. The third-order valence-electron chi connectivity index (χ3n) is 3.00. The van der Waals surface area contributed by atoms with Gasteiger partial charge in [0.15, 0.2) is 0 Å². The molecule has 0 aliphatic carbocycles. The van der Waals surface area contributed by atoms with Crippen LogP contribution in [-0.4, -0.2) is 6.54 Å². The van der Waals surface area contributed by atoms with Crippen LogP contribution in [0, 0.1) is 5.82 Å². The maximum absolute atomic E-state index is 13.3. The normalized spacial score (nSPS) is 13.3. The zero-order chi connectivity index (χ0) is 15.3. The third kappa shape index (κ3) is 4.63. The minimum absolute atomic E-state index is 0.0411. The second-order valence-electron chi connectivity index (χ2n) is 4.84. The Kier molecular flexibility index (Phi) is 5.74. The zero-order valence-electron chi connectivity index (χ0n) is 11.6. The molecule has 1 rings (SSSR count). The van der Waals surface area contributed by atoms with Crippen LogP contribution in [0.3, 0.4) is 0 Å². The summed E-state index contributed by atoms with van der Waals surface area (Å²) in [4.78, 5) is 0. The number of alkyl halides is 3. The van der Waals surface area contributed by atoms with E-state index in [1.165, 1.54) is 0 Å². The van der Waals surface area contributed by atoms with E-state index in [0.29, 0.717) is 19.4 Å². The molecule has 1 aromatic carbocycles. The van der Waals surface area contributed by atoms with Crippen LogP contribution in [0.5, 0.6) is 0 Å². The summed E-state index contributed by atoms with van der Waals surface area (Å²) >= 11 is 0. The topological polar surface area (TPSA) is 12.0 Å². The molecule has 112 valence electrons. The molecule has 0 aliphatic rings. The van der Waals surface area contributed by atoms with E-state index in [4.69, 9.17) is 0 Å². The van der Waals surface area contributed by atoms with Gasteiger partial charge in [0.05, 0.1) is 5.56 Å². The van der Waals surface area contributed by atoms with Gasteiger partial charge in [0.2, 0.25) is 0 Å². The minimum atomic E-state index is -4.49. The molecule has 1 nitrogen and oxygen atoms in total. The van der Waals surface area contributed by atoms with Gasteiger partial charge in [-0.25, -0.2) is 4.39 Å². The summed E-state index contributed by atoms with van der Waals surface area (Å²) in [5.41, 5.74) is 0.0602. The van der Waals surface area contributed by atoms with Crippen molar-refractivity contribution in [2.24, 2.45) is 0 Å². The molecule has 0 fully saturated rings. The Hall–Kier alpha value is -1.36. The average molecular weight is 289 g/mol. The summed E-state index contributed by atoms with van der Waals surface area (Å²) in [7, 11) is 0. The van der Waals surface area contributed by atoms with Crippen LogP contribution in [0.15, 0.2) is 30.4 Å². The smallest absolute Gasteiger partial charge is 0.310 e. The summed E-state index contributed by atoms with van der Waals surface area (Å²) in [5, 5.41) is 2.99. The SMILES string of the molecule is C=C(C)CCC(NCC)c1cc(F)ccc1C(F)(F)F. The van der Waals surface area contributed by atoms with Gasteiger partial charge >= 0.3 is 6.18 Å². The van der Waals surface area contributed by atoms with E-state index < -0.39 is 23.6 Å². The largest absolute Gasteiger partial charge is 0.416 e. The fraction of sp³-hybridized carbons (Fsp3) is 0.467. The molecule has 0 spiro atoms. The van der Waals surface area contributed by atoms with Crippen LogP contribution in [-0.2, 0) is 6.18 Å². The molecule has 5 heteroatoms. The Morgan fingerprint density at radius 1 is 1.35 bits per heavy atom. The van der Waals surface area contributed by atoms with Crippen molar-refractivity contribution in [2.75, 3.05) is 6.54 Å². The lowest BCUT2D eigenvalue weighted by atomic mass is 9.95. The van der Waals surface area contributed by atoms with Gasteiger partial charge in [-0.3, -0.25) is 0 Å². The Morgan fingerprint density at radius 3 is 2.50 bits per heavy atom. The number of allylic oxidation sites excluding steroid dienone is 1. The van der Waals surface area contributed by atoms with Gasteiger partial charge in [0, 0.05) is 6.04 Å². The lowest BCUT2D eigenvalue weighted by molar-refractivity contribution is -0.138. The molecule has 1 aromatic rings. The molecule has 0 aliphatic heterocycles. The molecule has 0 heterocycles. The molecule has 1 N–H and O–H groups in total. The van der Waals surface area contributed by atoms with Gasteiger partial charge in [-0.15, -0.1) is 6.58 Å². The number of hydrogen-bond donors (Lipinski definition) is 1. The first-order valence-electron chi connectivity index (χ1n) is 6.50. The molecular formula is C15H19F4N. The first-order valence-corrected chi connectivity index (χ1v) is 6.50. The lowest BCUT2D eigenvalue weighted by Gasteiger charge is -2.22. The highest BCUT2D eigenvalue weighted by atomic mass is 19.4. The van der Waals surface area contributed by atoms with Crippen molar-refractivity contribution in [1.82, 2.24) is 5.32 Å². The van der Waals surface area contributed by atoms with E-state index in [9.17, 15) is 17.6 Å². The molecule has 0 saturated heterocycles. The van der Waals surface area contributed by atoms with Gasteiger partial charge in [-0.1, -0.05) is 12.5 Å². The van der Waals surface area contributed by atoms with Crippen molar-refractivity contribution in [3.8, 4) is 0 Å². The second-order valence-corrected chi connectivity index (χ2v) is 4.84. The number of rotatable bonds is 6. The molecule has 0 bridgehead atoms. The van der Waals surface area contributed by atoms with E-state index in [-0.39, 0.29) is 5.56 Å². The van der Waals surface area contributed by atoms with Crippen molar-refractivity contribution >= 4 is 0 Å². The van der Waals surface area contributed by atoms with Crippen molar-refractivity contribution in [3.63, 3.8) is 0 Å². The summed E-state index contributed by atoms with van der Waals surface area (Å²) in [6, 6.07) is 2.07. The lowest BCUT2D eigenvalue weighted by Crippen LogP contribution is -2.24. The quantitative estimate of drug-likeness (QED) is 0.583. The Labute approximate surface area is 116 Å². The highest BCUT2D eigenvalue weighted by Gasteiger charge is 2.35. The molecule has 0 saturated carbocycles. The van der Waals surface area contributed by atoms with Crippen molar-refractivity contribution in [3.05, 3.63) is 47.3 Å². The van der Waals surface area contributed by atoms with Gasteiger partial charge in [0.1, 0.15) is 5.82 Å². The first-order chi connectivity index (χ1) is 9.25. The second kappa shape index (κ2) is 6.88. The predicted molar refractivity (Wildman–Crippen MR) is 71.9 cm³/mol. The highest BCUT2D eigenvalue weighted by Crippen LogP contribution is 2.36. The van der Waals surface area contributed by atoms with Gasteiger partial charge in [0.25, 0.3) is 0 Å². The van der Waals surface area contributed by atoms with Crippen molar-refractivity contribution in [2.45, 2.75) is 38.9 Å². The van der Waals surface area contributed by atoms with Crippen LogP contribution < -0.4 is 5.32 Å². The van der Waals surface area contributed by atoms with E-state index in [1.807, 2.05) is 6.92 Å². The Bertz CT molecular complexity index is 465. The highest BCUT2D eigenvalue weighted by molar-refractivity contribution is 5.33. The maximum atomic E-state index is 13.3. The summed E-state index contributed by atoms with van der Waals surface area (Å²) in [6.45, 7) is 7.88. The molecule has 0 amide bonds. The minimum Gasteiger partial charge on any atom is -0.310 e. The third-order valence-corrected chi connectivity index (χ3v) is 3.00. The molecule has 20 heavy (non-hydrogen) atoms. The predicted octanol–water partition coefficient (Wildman–Crippen LogP) is 4.85. The van der Waals surface area contributed by atoms with E-state index in [0.717, 1.165) is 23.8 Å². The number of benzene rings is 1. The molecule has 0 radical (unpaired) electrons. The van der Waals surface area contributed by atoms with Crippen LogP contribution in [0.2, 0.25) is 0 Å². The monoisotopic (exact) mass is 289 g/mol. The summed E-state index contributed by atoms with van der Waals surface area (Å²) in [5.74, 6) is -0.661. The Morgan fingerprint density at radius 2 is 2.00 bits per heavy atom. The zero-order valence-corrected chi connectivity index (χ0v) is 11.6. The molecular weight excluding hydrogens is 270 g/mol. The van der Waals surface area contributed by atoms with Gasteiger partial charge in [-0.05, 0) is 50.1 Å². The number of nitrogens with one attached hydrogen (secondary N) is 1. The standard InChI is InChI=1S/C15H19F4N/c1-4-20-14(8-5-10(2)3)12-9-11(16)6-7-13(12)15(17,18)19/h6-7,9,14,20H,2,4-5,8H2,1,3H3. The fourth-order valence-electron chi connectivity index (χ4n) is 2.08. The van der Waals surface area contributed by atoms with Gasteiger partial charge < -0.3 is 5.32 Å². The Balaban J connectivity index is 3.16.